The van der Waals surface area contributed by atoms with Crippen LogP contribution in [0.5, 0.6) is 0 Å². The van der Waals surface area contributed by atoms with E-state index in [1.54, 1.807) is 12.3 Å². The number of nitrogens with zero attached hydrogens (tertiary/aromatic N) is 6. The molecule has 4 aromatic rings. The smallest absolute Gasteiger partial charge is 0.256 e. The third-order valence-electron chi connectivity index (χ3n) is 7.58. The molecule has 2 unspecified atom stereocenters. The molecule has 0 radical (unpaired) electrons. The summed E-state index contributed by atoms with van der Waals surface area (Å²) in [5, 5.41) is 9.36. The van der Waals surface area contributed by atoms with Gasteiger partial charge in [-0.25, -0.2) is 23.4 Å². The van der Waals surface area contributed by atoms with Gasteiger partial charge in [0, 0.05) is 36.1 Å². The molecule has 192 valence electrons. The van der Waals surface area contributed by atoms with E-state index in [4.69, 9.17) is 4.98 Å². The SMILES string of the molecule is CC(C)c1ccc(N2CC(C)C2C)c2cnc(Nc3ccnc(-c4cnn(S(=O)(=O)C5CC5)c4)n3)cc12. The van der Waals surface area contributed by atoms with Gasteiger partial charge in [0.1, 0.15) is 11.6 Å². The summed E-state index contributed by atoms with van der Waals surface area (Å²) in [5.41, 5.74) is 3.05. The van der Waals surface area contributed by atoms with Crippen LogP contribution in [-0.2, 0) is 10.0 Å². The van der Waals surface area contributed by atoms with Crippen LogP contribution in [0, 0.1) is 5.92 Å². The fraction of sp³-hybridized carbons (Fsp3) is 0.407. The number of hydrogen-bond donors (Lipinski definition) is 1. The van der Waals surface area contributed by atoms with Crippen LogP contribution in [0.15, 0.2) is 49.1 Å². The first-order valence-electron chi connectivity index (χ1n) is 12.8. The lowest BCUT2D eigenvalue weighted by atomic mass is 9.89. The van der Waals surface area contributed by atoms with Gasteiger partial charge in [-0.15, -0.1) is 0 Å². The minimum Gasteiger partial charge on any atom is -0.368 e. The second kappa shape index (κ2) is 8.79. The quantitative estimate of drug-likeness (QED) is 0.367. The number of anilines is 3. The van der Waals surface area contributed by atoms with E-state index in [0.29, 0.717) is 53.7 Å². The van der Waals surface area contributed by atoms with Crippen molar-refractivity contribution in [3.63, 3.8) is 0 Å². The molecule has 1 N–H and O–H groups in total. The largest absolute Gasteiger partial charge is 0.368 e. The lowest BCUT2D eigenvalue weighted by molar-refractivity contribution is 0.341. The van der Waals surface area contributed by atoms with Crippen molar-refractivity contribution in [2.75, 3.05) is 16.8 Å². The molecule has 9 nitrogen and oxygen atoms in total. The third kappa shape index (κ3) is 4.22. The molecule has 1 aliphatic heterocycles. The Hall–Kier alpha value is -3.53. The summed E-state index contributed by atoms with van der Waals surface area (Å²) >= 11 is 0. The van der Waals surface area contributed by atoms with Crippen molar-refractivity contribution in [2.24, 2.45) is 5.92 Å². The van der Waals surface area contributed by atoms with Crippen LogP contribution in [-0.4, -0.2) is 50.4 Å². The molecule has 1 aliphatic carbocycles. The Morgan fingerprint density at radius 3 is 2.54 bits per heavy atom. The van der Waals surface area contributed by atoms with Gasteiger partial charge in [0.2, 0.25) is 0 Å². The van der Waals surface area contributed by atoms with Crippen molar-refractivity contribution >= 4 is 38.1 Å². The number of rotatable bonds is 7. The summed E-state index contributed by atoms with van der Waals surface area (Å²) < 4.78 is 26.0. The van der Waals surface area contributed by atoms with Crippen LogP contribution in [0.4, 0.5) is 17.3 Å². The molecule has 37 heavy (non-hydrogen) atoms. The number of benzene rings is 1. The monoisotopic (exact) mass is 517 g/mol. The second-order valence-electron chi connectivity index (χ2n) is 10.6. The molecule has 4 heterocycles. The van der Waals surface area contributed by atoms with Crippen molar-refractivity contribution < 1.29 is 8.42 Å². The minimum atomic E-state index is -3.44. The van der Waals surface area contributed by atoms with Gasteiger partial charge in [-0.2, -0.15) is 9.19 Å². The van der Waals surface area contributed by atoms with Crippen molar-refractivity contribution in [1.82, 2.24) is 24.1 Å². The van der Waals surface area contributed by atoms with E-state index in [1.807, 2.05) is 6.20 Å². The molecule has 0 spiro atoms. The van der Waals surface area contributed by atoms with Crippen LogP contribution < -0.4 is 10.2 Å². The molecule has 0 amide bonds. The predicted molar refractivity (Wildman–Crippen MR) is 146 cm³/mol. The zero-order chi connectivity index (χ0) is 25.9. The van der Waals surface area contributed by atoms with Gasteiger partial charge in [-0.3, -0.25) is 0 Å². The predicted octanol–water partition coefficient (Wildman–Crippen LogP) is 4.94. The molecule has 1 aromatic carbocycles. The van der Waals surface area contributed by atoms with Gasteiger partial charge in [0.15, 0.2) is 5.82 Å². The van der Waals surface area contributed by atoms with Gasteiger partial charge in [0.25, 0.3) is 10.0 Å². The Labute approximate surface area is 217 Å². The maximum atomic E-state index is 12.5. The number of hydrogen-bond acceptors (Lipinski definition) is 8. The van der Waals surface area contributed by atoms with E-state index in [1.165, 1.54) is 29.0 Å². The van der Waals surface area contributed by atoms with Gasteiger partial charge in [0.05, 0.1) is 23.2 Å². The van der Waals surface area contributed by atoms with E-state index < -0.39 is 10.0 Å². The maximum absolute atomic E-state index is 12.5. The fourth-order valence-corrected chi connectivity index (χ4v) is 6.44. The molecule has 10 heteroatoms. The van der Waals surface area contributed by atoms with E-state index in [0.717, 1.165) is 16.0 Å². The van der Waals surface area contributed by atoms with E-state index >= 15 is 0 Å². The molecule has 6 rings (SSSR count). The first-order chi connectivity index (χ1) is 17.7. The van der Waals surface area contributed by atoms with Crippen molar-refractivity contribution in [3.8, 4) is 11.4 Å². The average Bonchev–Trinajstić information content (AvgIpc) is 3.63. The lowest BCUT2D eigenvalue weighted by Gasteiger charge is -2.47. The maximum Gasteiger partial charge on any atom is 0.256 e. The Balaban J connectivity index is 1.31. The highest BCUT2D eigenvalue weighted by Crippen LogP contribution is 2.39. The first kappa shape index (κ1) is 23.8. The van der Waals surface area contributed by atoms with E-state index in [9.17, 15) is 8.42 Å². The summed E-state index contributed by atoms with van der Waals surface area (Å²) in [5.74, 6) is 2.71. The van der Waals surface area contributed by atoms with E-state index in [-0.39, 0.29) is 5.25 Å². The molecule has 3 aromatic heterocycles. The topological polar surface area (TPSA) is 106 Å². The number of nitrogens with one attached hydrogen (secondary N) is 1. The van der Waals surface area contributed by atoms with Crippen LogP contribution in [0.2, 0.25) is 0 Å². The second-order valence-corrected chi connectivity index (χ2v) is 12.6. The van der Waals surface area contributed by atoms with Gasteiger partial charge in [-0.05, 0) is 60.7 Å². The summed E-state index contributed by atoms with van der Waals surface area (Å²) in [4.78, 5) is 16.1. The average molecular weight is 518 g/mol. The van der Waals surface area contributed by atoms with Crippen LogP contribution >= 0.6 is 0 Å². The third-order valence-corrected chi connectivity index (χ3v) is 9.61. The molecular weight excluding hydrogens is 486 g/mol. The first-order valence-corrected chi connectivity index (χ1v) is 14.3. The Morgan fingerprint density at radius 1 is 1.03 bits per heavy atom. The Morgan fingerprint density at radius 2 is 1.84 bits per heavy atom. The Kier molecular flexibility index (Phi) is 5.67. The van der Waals surface area contributed by atoms with Crippen LogP contribution in [0.3, 0.4) is 0 Å². The highest BCUT2D eigenvalue weighted by atomic mass is 32.2. The molecule has 1 saturated carbocycles. The van der Waals surface area contributed by atoms with Crippen LogP contribution in [0.1, 0.15) is 52.0 Å². The van der Waals surface area contributed by atoms with Gasteiger partial charge < -0.3 is 10.2 Å². The molecule has 2 aliphatic rings. The lowest BCUT2D eigenvalue weighted by Crippen LogP contribution is -2.53. The minimum absolute atomic E-state index is 0.336. The van der Waals surface area contributed by atoms with E-state index in [2.05, 4.69) is 71.2 Å². The molecular formula is C27H31N7O2S. The Bertz CT molecular complexity index is 1590. The molecule has 2 atom stereocenters. The van der Waals surface area contributed by atoms with Crippen LogP contribution in [0.25, 0.3) is 22.2 Å². The standard InChI is InChI=1S/C27H31N7O2S/c1-16(2)21-7-8-24(33-14-17(3)18(33)4)23-13-29-26(11-22(21)23)31-25-9-10-28-27(32-25)19-12-30-34(15-19)37(35,36)20-5-6-20/h7-13,15-18,20H,5-6,14H2,1-4H3,(H,28,29,31,32). The van der Waals surface area contributed by atoms with Gasteiger partial charge in [-0.1, -0.05) is 26.8 Å². The summed E-state index contributed by atoms with van der Waals surface area (Å²) in [6, 6.07) is 8.83. The zero-order valence-corrected chi connectivity index (χ0v) is 22.3. The fourth-order valence-electron chi connectivity index (χ4n) is 4.96. The summed E-state index contributed by atoms with van der Waals surface area (Å²) in [6.45, 7) is 10.0. The van der Waals surface area contributed by atoms with Gasteiger partial charge >= 0.3 is 0 Å². The summed E-state index contributed by atoms with van der Waals surface area (Å²) in [7, 11) is -3.44. The zero-order valence-electron chi connectivity index (χ0n) is 21.5. The number of aromatic nitrogens is 5. The highest BCUT2D eigenvalue weighted by Gasteiger charge is 2.38. The highest BCUT2D eigenvalue weighted by molar-refractivity contribution is 7.90. The van der Waals surface area contributed by atoms with Crippen molar-refractivity contribution in [3.05, 3.63) is 54.6 Å². The van der Waals surface area contributed by atoms with Crippen molar-refractivity contribution in [1.29, 1.82) is 0 Å². The molecule has 0 bridgehead atoms. The van der Waals surface area contributed by atoms with Crippen molar-refractivity contribution in [2.45, 2.75) is 57.7 Å². The molecule has 1 saturated heterocycles. The molecule has 2 fully saturated rings. The number of fused-ring (bicyclic) bond motifs is 1. The normalized spacial score (nSPS) is 19.9. The number of pyridine rings is 1. The summed E-state index contributed by atoms with van der Waals surface area (Å²) in [6.07, 6.45) is 7.92.